The van der Waals surface area contributed by atoms with Gasteiger partial charge in [-0.1, -0.05) is 0 Å². The van der Waals surface area contributed by atoms with Crippen LogP contribution in [-0.4, -0.2) is 108 Å². The van der Waals surface area contributed by atoms with Gasteiger partial charge in [0.2, 0.25) is 0 Å². The predicted octanol–water partition coefficient (Wildman–Crippen LogP) is -0.477. The average molecular weight is 541 g/mol. The van der Waals surface area contributed by atoms with Crippen LogP contribution in [0, 0.1) is 5.92 Å². The van der Waals surface area contributed by atoms with Crippen LogP contribution in [0.4, 0.5) is 0 Å². The normalized spacial score (nSPS) is 43.9. The summed E-state index contributed by atoms with van der Waals surface area (Å²) in [6, 6.07) is 0.388. The maximum absolute atomic E-state index is 12.9. The number of aliphatic hydroxyl groups excluding tert-OH is 1. The van der Waals surface area contributed by atoms with Gasteiger partial charge >= 0.3 is 0 Å². The van der Waals surface area contributed by atoms with Crippen LogP contribution in [0.5, 0.6) is 0 Å². The Morgan fingerprint density at radius 1 is 1.14 bits per heavy atom. The highest BCUT2D eigenvalue weighted by Crippen LogP contribution is 2.45. The minimum atomic E-state index is -0.328. The summed E-state index contributed by atoms with van der Waals surface area (Å²) in [7, 11) is 0. The highest BCUT2D eigenvalue weighted by molar-refractivity contribution is 8.04. The molecule has 6 aliphatic rings. The number of hydrogen-bond donors (Lipinski definition) is 6. The van der Waals surface area contributed by atoms with E-state index in [0.29, 0.717) is 12.6 Å². The quantitative estimate of drug-likeness (QED) is 0.261. The van der Waals surface area contributed by atoms with Crippen LogP contribution in [0.1, 0.15) is 32.1 Å². The number of ether oxygens (including phenoxy) is 2. The van der Waals surface area contributed by atoms with Gasteiger partial charge in [0.25, 0.3) is 0 Å². The van der Waals surface area contributed by atoms with Crippen LogP contribution < -0.4 is 26.6 Å². The fourth-order valence-electron chi connectivity index (χ4n) is 6.20. The number of carbonyl (C=O) groups is 1. The third-order valence-corrected chi connectivity index (χ3v) is 11.0. The lowest BCUT2D eigenvalue weighted by molar-refractivity contribution is -0.123. The molecule has 0 aromatic carbocycles. The predicted molar refractivity (Wildman–Crippen MR) is 141 cm³/mol. The molecule has 0 spiro atoms. The van der Waals surface area contributed by atoms with Crippen molar-refractivity contribution in [3.8, 4) is 0 Å². The van der Waals surface area contributed by atoms with E-state index in [1.165, 1.54) is 0 Å². The number of nitrogens with zero attached hydrogens (tertiary/aromatic N) is 1. The summed E-state index contributed by atoms with van der Waals surface area (Å²) in [5.41, 5.74) is 0. The third kappa shape index (κ3) is 5.93. The molecule has 0 aromatic rings. The molecule has 1 saturated carbocycles. The first-order valence-electron chi connectivity index (χ1n) is 13.6. The summed E-state index contributed by atoms with van der Waals surface area (Å²) < 4.78 is 11.5. The Morgan fingerprint density at radius 2 is 2.03 bits per heavy atom. The van der Waals surface area contributed by atoms with E-state index in [-0.39, 0.29) is 52.4 Å². The Morgan fingerprint density at radius 3 is 2.89 bits per heavy atom. The molecule has 1 aliphatic carbocycles. The van der Waals surface area contributed by atoms with Crippen LogP contribution in [0.25, 0.3) is 0 Å². The summed E-state index contributed by atoms with van der Waals surface area (Å²) >= 11 is 3.74. The van der Waals surface area contributed by atoms with Gasteiger partial charge < -0.3 is 24.8 Å². The molecule has 5 heterocycles. The summed E-state index contributed by atoms with van der Waals surface area (Å²) in [5.74, 6) is 0.393. The van der Waals surface area contributed by atoms with Crippen LogP contribution >= 0.6 is 23.5 Å². The summed E-state index contributed by atoms with van der Waals surface area (Å²) in [6.45, 7) is 5.56. The van der Waals surface area contributed by atoms with Crippen molar-refractivity contribution in [2.75, 3.05) is 46.0 Å². The second-order valence-corrected chi connectivity index (χ2v) is 13.2. The molecule has 12 heteroatoms. The van der Waals surface area contributed by atoms with Gasteiger partial charge in [-0.05, 0) is 32.1 Å². The molecule has 5 aliphatic heterocycles. The largest absolute Gasteiger partial charge is 0.393 e. The lowest BCUT2D eigenvalue weighted by Gasteiger charge is -2.38. The van der Waals surface area contributed by atoms with Crippen LogP contribution in [-0.2, 0) is 14.3 Å². The van der Waals surface area contributed by atoms with E-state index in [4.69, 9.17) is 9.47 Å². The fourth-order valence-corrected chi connectivity index (χ4v) is 9.24. The first-order chi connectivity index (χ1) is 17.6. The lowest BCUT2D eigenvalue weighted by Crippen LogP contribution is -2.66. The van der Waals surface area contributed by atoms with Crippen LogP contribution in [0.15, 0.2) is 11.1 Å². The third-order valence-electron chi connectivity index (χ3n) is 8.10. The van der Waals surface area contributed by atoms with Gasteiger partial charge in [-0.15, -0.1) is 23.5 Å². The first-order valence-corrected chi connectivity index (χ1v) is 15.4. The second-order valence-electron chi connectivity index (χ2n) is 10.7. The maximum atomic E-state index is 12.9. The van der Waals surface area contributed by atoms with Gasteiger partial charge in [-0.25, -0.2) is 0 Å². The van der Waals surface area contributed by atoms with Gasteiger partial charge in [0.15, 0.2) is 5.78 Å². The smallest absolute Gasteiger partial charge is 0.188 e. The molecular weight excluding hydrogens is 500 g/mol. The SMILES string of the molecule is O=C1C=C(N2CCOCC2)SC2C1OCC2C1NCC(NC2NCCC(NC3CCCC(O)C3)N2)S1. The maximum Gasteiger partial charge on any atom is 0.188 e. The molecular formula is C24H40N6O4S2. The van der Waals surface area contributed by atoms with Crippen molar-refractivity contribution in [2.45, 2.75) is 78.8 Å². The number of rotatable bonds is 6. The van der Waals surface area contributed by atoms with Crippen LogP contribution in [0.3, 0.4) is 0 Å². The Bertz CT molecular complexity index is 817. The minimum Gasteiger partial charge on any atom is -0.393 e. The number of fused-ring (bicyclic) bond motifs is 1. The molecule has 6 N–H and O–H groups in total. The van der Waals surface area contributed by atoms with Crippen molar-refractivity contribution >= 4 is 29.3 Å². The summed E-state index contributed by atoms with van der Waals surface area (Å²) in [5, 5.41) is 30.1. The van der Waals surface area contributed by atoms with Crippen molar-refractivity contribution in [1.82, 2.24) is 31.5 Å². The highest BCUT2D eigenvalue weighted by Gasteiger charge is 2.49. The van der Waals surface area contributed by atoms with Crippen LogP contribution in [0.2, 0.25) is 0 Å². The number of thioether (sulfide) groups is 2. The van der Waals surface area contributed by atoms with Gasteiger partial charge in [0.05, 0.1) is 53.1 Å². The van der Waals surface area contributed by atoms with E-state index in [0.717, 1.165) is 76.5 Å². The molecule has 9 atom stereocenters. The Kier molecular flexibility index (Phi) is 8.45. The zero-order chi connectivity index (χ0) is 24.5. The first kappa shape index (κ1) is 25.8. The summed E-state index contributed by atoms with van der Waals surface area (Å²) in [4.78, 5) is 15.1. The zero-order valence-electron chi connectivity index (χ0n) is 20.7. The Labute approximate surface area is 221 Å². The lowest BCUT2D eigenvalue weighted by atomic mass is 9.92. The van der Waals surface area contributed by atoms with Crippen molar-refractivity contribution in [3.05, 3.63) is 11.1 Å². The molecule has 0 radical (unpaired) electrons. The Balaban J connectivity index is 1.00. The Hall–Kier alpha value is -0.410. The monoisotopic (exact) mass is 540 g/mol. The number of morpholine rings is 1. The van der Waals surface area contributed by atoms with E-state index >= 15 is 0 Å². The molecule has 6 rings (SSSR count). The average Bonchev–Trinajstić information content (AvgIpc) is 3.52. The minimum absolute atomic E-state index is 0.0388. The summed E-state index contributed by atoms with van der Waals surface area (Å²) in [6.07, 6.45) is 6.62. The molecule has 4 saturated heterocycles. The number of carbonyl (C=O) groups excluding carboxylic acids is 1. The van der Waals surface area contributed by atoms with Crippen molar-refractivity contribution in [1.29, 1.82) is 0 Å². The van der Waals surface area contributed by atoms with Gasteiger partial charge in [-0.2, -0.15) is 0 Å². The standard InChI is InChI=1S/C24H40N6O4S2/c31-15-3-1-2-14(10-15)27-18-4-5-25-24(28-18)29-19-12-26-23(35-19)16-13-34-21-17(32)11-20(36-22(16)21)30-6-8-33-9-7-30/h11,14-16,18-19,21-29,31H,1-10,12-13H2. The van der Waals surface area contributed by atoms with E-state index in [9.17, 15) is 9.90 Å². The van der Waals surface area contributed by atoms with Gasteiger partial charge in [0.1, 0.15) is 12.4 Å². The van der Waals surface area contributed by atoms with E-state index < -0.39 is 0 Å². The van der Waals surface area contributed by atoms with Gasteiger partial charge in [0, 0.05) is 44.2 Å². The number of hydrogen-bond acceptors (Lipinski definition) is 12. The number of ketones is 1. The fraction of sp³-hybridized carbons (Fsp3) is 0.875. The van der Waals surface area contributed by atoms with Crippen molar-refractivity contribution in [2.24, 2.45) is 5.92 Å². The number of aliphatic hydroxyl groups is 1. The van der Waals surface area contributed by atoms with E-state index in [1.54, 1.807) is 6.08 Å². The second kappa shape index (κ2) is 11.8. The highest BCUT2D eigenvalue weighted by atomic mass is 32.2. The molecule has 202 valence electrons. The molecule has 9 unspecified atom stereocenters. The molecule has 0 bridgehead atoms. The van der Waals surface area contributed by atoms with Crippen molar-refractivity contribution in [3.63, 3.8) is 0 Å². The molecule has 10 nitrogen and oxygen atoms in total. The number of nitrogens with one attached hydrogen (secondary N) is 5. The molecule has 0 aromatic heterocycles. The zero-order valence-corrected chi connectivity index (χ0v) is 22.3. The topological polar surface area (TPSA) is 119 Å². The molecule has 5 fully saturated rings. The van der Waals surface area contributed by atoms with Gasteiger partial charge in [-0.3, -0.25) is 26.1 Å². The molecule has 36 heavy (non-hydrogen) atoms. The molecule has 0 amide bonds. The van der Waals surface area contributed by atoms with E-state index in [2.05, 4.69) is 31.5 Å². The van der Waals surface area contributed by atoms with Crippen molar-refractivity contribution < 1.29 is 19.4 Å². The van der Waals surface area contributed by atoms with E-state index in [1.807, 2.05) is 23.5 Å².